The average Bonchev–Trinajstić information content (AvgIpc) is 2.53. The number of aromatic nitrogens is 2. The quantitative estimate of drug-likeness (QED) is 0.798. The van der Waals surface area contributed by atoms with Crippen molar-refractivity contribution in [2.75, 3.05) is 7.11 Å². The molecule has 2 aromatic heterocycles. The van der Waals surface area contributed by atoms with E-state index in [1.54, 1.807) is 31.5 Å². The fourth-order valence-electron chi connectivity index (χ4n) is 2.16. The minimum absolute atomic E-state index is 0.186. The molecule has 5 heteroatoms. The number of aromatic carboxylic acids is 1. The summed E-state index contributed by atoms with van der Waals surface area (Å²) in [4.78, 5) is 20.0. The monoisotopic (exact) mass is 280 g/mol. The van der Waals surface area contributed by atoms with Gasteiger partial charge in [-0.05, 0) is 30.3 Å². The number of carbonyl (C=O) groups is 1. The Morgan fingerprint density at radius 2 is 2.05 bits per heavy atom. The van der Waals surface area contributed by atoms with Crippen LogP contribution in [-0.4, -0.2) is 28.2 Å². The van der Waals surface area contributed by atoms with Crippen molar-refractivity contribution in [3.63, 3.8) is 0 Å². The third-order valence-corrected chi connectivity index (χ3v) is 3.18. The van der Waals surface area contributed by atoms with Crippen LogP contribution < -0.4 is 4.74 Å². The van der Waals surface area contributed by atoms with E-state index in [0.717, 1.165) is 5.56 Å². The largest absolute Gasteiger partial charge is 0.497 e. The molecule has 104 valence electrons. The molecule has 0 amide bonds. The lowest BCUT2D eigenvalue weighted by Gasteiger charge is -2.07. The van der Waals surface area contributed by atoms with Gasteiger partial charge in [0, 0.05) is 17.1 Å². The molecule has 0 aliphatic heterocycles. The van der Waals surface area contributed by atoms with Crippen LogP contribution in [0.3, 0.4) is 0 Å². The summed E-state index contributed by atoms with van der Waals surface area (Å²) >= 11 is 0. The zero-order valence-corrected chi connectivity index (χ0v) is 11.3. The Labute approximate surface area is 120 Å². The summed E-state index contributed by atoms with van der Waals surface area (Å²) in [7, 11) is 1.58. The van der Waals surface area contributed by atoms with Crippen LogP contribution in [-0.2, 0) is 0 Å². The highest BCUT2D eigenvalue weighted by Gasteiger charge is 2.13. The lowest BCUT2D eigenvalue weighted by atomic mass is 10.1. The highest BCUT2D eigenvalue weighted by Crippen LogP contribution is 2.26. The van der Waals surface area contributed by atoms with E-state index in [1.807, 2.05) is 24.3 Å². The first-order chi connectivity index (χ1) is 10.2. The van der Waals surface area contributed by atoms with Crippen molar-refractivity contribution in [2.45, 2.75) is 0 Å². The first kappa shape index (κ1) is 13.1. The van der Waals surface area contributed by atoms with Gasteiger partial charge in [-0.2, -0.15) is 0 Å². The standard InChI is InChI=1S/C16H12N2O3/c1-21-11-5-2-4-10(8-11)14-9-13(16(19)20)12-6-3-7-17-15(12)18-14/h2-9H,1H3,(H,19,20). The van der Waals surface area contributed by atoms with Crippen molar-refractivity contribution in [1.29, 1.82) is 0 Å². The van der Waals surface area contributed by atoms with Crippen molar-refractivity contribution < 1.29 is 14.6 Å². The molecule has 5 nitrogen and oxygen atoms in total. The number of rotatable bonds is 3. The van der Waals surface area contributed by atoms with E-state index in [0.29, 0.717) is 22.5 Å². The number of hydrogen-bond donors (Lipinski definition) is 1. The molecule has 0 unspecified atom stereocenters. The Kier molecular flexibility index (Phi) is 3.23. The van der Waals surface area contributed by atoms with Crippen LogP contribution >= 0.6 is 0 Å². The van der Waals surface area contributed by atoms with Crippen LogP contribution in [0.15, 0.2) is 48.7 Å². The Bertz CT molecular complexity index is 831. The molecule has 2 heterocycles. The lowest BCUT2D eigenvalue weighted by molar-refractivity contribution is 0.0699. The molecule has 0 spiro atoms. The molecular formula is C16H12N2O3. The van der Waals surface area contributed by atoms with E-state index in [2.05, 4.69) is 9.97 Å². The van der Waals surface area contributed by atoms with E-state index < -0.39 is 5.97 Å². The molecule has 0 aliphatic rings. The van der Waals surface area contributed by atoms with Gasteiger partial charge in [0.15, 0.2) is 5.65 Å². The van der Waals surface area contributed by atoms with Gasteiger partial charge in [-0.15, -0.1) is 0 Å². The maximum Gasteiger partial charge on any atom is 0.336 e. The van der Waals surface area contributed by atoms with Gasteiger partial charge >= 0.3 is 5.97 Å². The van der Waals surface area contributed by atoms with Crippen LogP contribution in [0.2, 0.25) is 0 Å². The Morgan fingerprint density at radius 3 is 2.81 bits per heavy atom. The van der Waals surface area contributed by atoms with Crippen molar-refractivity contribution >= 4 is 17.0 Å². The van der Waals surface area contributed by atoms with Gasteiger partial charge < -0.3 is 9.84 Å². The zero-order chi connectivity index (χ0) is 14.8. The van der Waals surface area contributed by atoms with Crippen LogP contribution in [0, 0.1) is 0 Å². The molecule has 0 fully saturated rings. The predicted molar refractivity (Wildman–Crippen MR) is 78.5 cm³/mol. The summed E-state index contributed by atoms with van der Waals surface area (Å²) in [6.45, 7) is 0. The topological polar surface area (TPSA) is 72.3 Å². The van der Waals surface area contributed by atoms with E-state index in [9.17, 15) is 9.90 Å². The molecule has 1 N–H and O–H groups in total. The number of fused-ring (bicyclic) bond motifs is 1. The second-order valence-electron chi connectivity index (χ2n) is 4.47. The first-order valence-corrected chi connectivity index (χ1v) is 6.32. The van der Waals surface area contributed by atoms with E-state index in [4.69, 9.17) is 4.74 Å². The zero-order valence-electron chi connectivity index (χ0n) is 11.3. The first-order valence-electron chi connectivity index (χ1n) is 6.32. The second-order valence-corrected chi connectivity index (χ2v) is 4.47. The van der Waals surface area contributed by atoms with Crippen molar-refractivity contribution in [1.82, 2.24) is 9.97 Å². The van der Waals surface area contributed by atoms with Gasteiger partial charge in [-0.3, -0.25) is 0 Å². The Hall–Kier alpha value is -2.95. The van der Waals surface area contributed by atoms with Crippen molar-refractivity contribution in [2.24, 2.45) is 0 Å². The predicted octanol–water partition coefficient (Wildman–Crippen LogP) is 3.00. The van der Waals surface area contributed by atoms with Gasteiger partial charge in [0.05, 0.1) is 18.4 Å². The molecular weight excluding hydrogens is 268 g/mol. The lowest BCUT2D eigenvalue weighted by Crippen LogP contribution is -2.01. The van der Waals surface area contributed by atoms with Gasteiger partial charge in [-0.25, -0.2) is 14.8 Å². The summed E-state index contributed by atoms with van der Waals surface area (Å²) < 4.78 is 5.18. The fourth-order valence-corrected chi connectivity index (χ4v) is 2.16. The van der Waals surface area contributed by atoms with Gasteiger partial charge in [0.1, 0.15) is 5.75 Å². The highest BCUT2D eigenvalue weighted by molar-refractivity contribution is 6.02. The van der Waals surface area contributed by atoms with E-state index >= 15 is 0 Å². The average molecular weight is 280 g/mol. The minimum Gasteiger partial charge on any atom is -0.497 e. The van der Waals surface area contributed by atoms with Gasteiger partial charge in [-0.1, -0.05) is 12.1 Å². The van der Waals surface area contributed by atoms with Crippen LogP contribution in [0.25, 0.3) is 22.3 Å². The summed E-state index contributed by atoms with van der Waals surface area (Å²) in [5.41, 5.74) is 1.93. The van der Waals surface area contributed by atoms with Crippen LogP contribution in [0.4, 0.5) is 0 Å². The van der Waals surface area contributed by atoms with Crippen molar-refractivity contribution in [3.8, 4) is 17.0 Å². The third kappa shape index (κ3) is 2.41. The number of benzene rings is 1. The number of pyridine rings is 2. The second kappa shape index (κ2) is 5.20. The van der Waals surface area contributed by atoms with Crippen LogP contribution in [0.5, 0.6) is 5.75 Å². The van der Waals surface area contributed by atoms with Gasteiger partial charge in [0.2, 0.25) is 0 Å². The number of methoxy groups -OCH3 is 1. The fraction of sp³-hybridized carbons (Fsp3) is 0.0625. The smallest absolute Gasteiger partial charge is 0.336 e. The number of carboxylic acid groups (broad SMARTS) is 1. The molecule has 0 atom stereocenters. The normalized spacial score (nSPS) is 10.5. The van der Waals surface area contributed by atoms with E-state index in [-0.39, 0.29) is 5.56 Å². The number of ether oxygens (including phenoxy) is 1. The summed E-state index contributed by atoms with van der Waals surface area (Å²) in [5, 5.41) is 9.90. The van der Waals surface area contributed by atoms with Crippen molar-refractivity contribution in [3.05, 3.63) is 54.2 Å². The van der Waals surface area contributed by atoms with Gasteiger partial charge in [0.25, 0.3) is 0 Å². The molecule has 1 aromatic carbocycles. The third-order valence-electron chi connectivity index (χ3n) is 3.18. The van der Waals surface area contributed by atoms with E-state index in [1.165, 1.54) is 0 Å². The number of hydrogen-bond acceptors (Lipinski definition) is 4. The minimum atomic E-state index is -1.00. The Balaban J connectivity index is 2.25. The SMILES string of the molecule is COc1cccc(-c2cc(C(=O)O)c3cccnc3n2)c1. The molecule has 0 aliphatic carbocycles. The maximum absolute atomic E-state index is 11.4. The molecule has 0 saturated heterocycles. The molecule has 0 radical (unpaired) electrons. The number of nitrogens with zero attached hydrogens (tertiary/aromatic N) is 2. The molecule has 0 saturated carbocycles. The maximum atomic E-state index is 11.4. The highest BCUT2D eigenvalue weighted by atomic mass is 16.5. The summed E-state index contributed by atoms with van der Waals surface area (Å²) in [6, 6.07) is 12.3. The summed E-state index contributed by atoms with van der Waals surface area (Å²) in [6.07, 6.45) is 1.59. The number of carboxylic acids is 1. The molecule has 0 bridgehead atoms. The Morgan fingerprint density at radius 1 is 1.19 bits per heavy atom. The molecule has 3 rings (SSSR count). The summed E-state index contributed by atoms with van der Waals surface area (Å²) in [5.74, 6) is -0.313. The molecule has 3 aromatic rings. The molecule has 21 heavy (non-hydrogen) atoms. The van der Waals surface area contributed by atoms with Crippen LogP contribution in [0.1, 0.15) is 10.4 Å².